The summed E-state index contributed by atoms with van der Waals surface area (Å²) in [6, 6.07) is 14.7. The zero-order chi connectivity index (χ0) is 14.8. The minimum absolute atomic E-state index is 0.0590. The van der Waals surface area contributed by atoms with E-state index >= 15 is 0 Å². The first-order valence-corrected chi connectivity index (χ1v) is 7.36. The van der Waals surface area contributed by atoms with E-state index in [0.717, 1.165) is 19.5 Å². The lowest BCUT2D eigenvalue weighted by atomic mass is 10.1. The summed E-state index contributed by atoms with van der Waals surface area (Å²) in [6.07, 6.45) is 0.729. The van der Waals surface area contributed by atoms with E-state index in [2.05, 4.69) is 40.5 Å². The van der Waals surface area contributed by atoms with Crippen molar-refractivity contribution < 1.29 is 4.79 Å². The Morgan fingerprint density at radius 3 is 2.81 bits per heavy atom. The number of amides is 1. The molecule has 2 aromatic carbocycles. The van der Waals surface area contributed by atoms with E-state index in [-0.39, 0.29) is 18.0 Å². The Balaban J connectivity index is 1.81. The van der Waals surface area contributed by atoms with Crippen molar-refractivity contribution in [1.82, 2.24) is 10.2 Å². The van der Waals surface area contributed by atoms with Crippen molar-refractivity contribution in [1.29, 1.82) is 0 Å². The largest absolute Gasteiger partial charge is 0.358 e. The van der Waals surface area contributed by atoms with Gasteiger partial charge in [-0.3, -0.25) is 9.69 Å². The van der Waals surface area contributed by atoms with Crippen LogP contribution in [0.25, 0.3) is 10.8 Å². The molecule has 0 saturated carbocycles. The molecule has 4 nitrogen and oxygen atoms in total. The van der Waals surface area contributed by atoms with Gasteiger partial charge in [0, 0.05) is 26.2 Å². The number of rotatable bonds is 3. The number of carbonyl (C=O) groups is 1. The van der Waals surface area contributed by atoms with Gasteiger partial charge in [-0.2, -0.15) is 0 Å². The molecule has 2 atom stereocenters. The number of nitrogens with zero attached hydrogens (tertiary/aromatic N) is 1. The van der Waals surface area contributed by atoms with E-state index in [1.807, 2.05) is 12.1 Å². The van der Waals surface area contributed by atoms with Crippen LogP contribution in [0.4, 0.5) is 0 Å². The molecule has 1 heterocycles. The molecule has 0 radical (unpaired) electrons. The summed E-state index contributed by atoms with van der Waals surface area (Å²) < 4.78 is 0. The second-order valence-corrected chi connectivity index (χ2v) is 5.74. The quantitative estimate of drug-likeness (QED) is 0.897. The van der Waals surface area contributed by atoms with Crippen molar-refractivity contribution in [2.24, 2.45) is 5.73 Å². The second kappa shape index (κ2) is 5.84. The van der Waals surface area contributed by atoms with Crippen molar-refractivity contribution in [3.63, 3.8) is 0 Å². The standard InChI is InChI=1S/C17H21N3O/c1-19-17(21)16-9-15(18)11-20(16)10-12-6-7-13-4-2-3-5-14(13)8-12/h2-8,15-16H,9-11,18H2,1H3,(H,19,21)/t15-,16+/m1/s1. The zero-order valence-corrected chi connectivity index (χ0v) is 12.3. The Morgan fingerprint density at radius 2 is 2.05 bits per heavy atom. The molecular weight excluding hydrogens is 262 g/mol. The number of likely N-dealkylation sites (N-methyl/N-ethyl adjacent to an activating group) is 1. The maximum absolute atomic E-state index is 12.0. The van der Waals surface area contributed by atoms with E-state index in [1.54, 1.807) is 7.05 Å². The van der Waals surface area contributed by atoms with Crippen LogP contribution in [0.3, 0.4) is 0 Å². The van der Waals surface area contributed by atoms with Gasteiger partial charge in [0.25, 0.3) is 0 Å². The average Bonchev–Trinajstić information content (AvgIpc) is 2.87. The van der Waals surface area contributed by atoms with Gasteiger partial charge in [-0.25, -0.2) is 0 Å². The highest BCUT2D eigenvalue weighted by atomic mass is 16.2. The number of likely N-dealkylation sites (tertiary alicyclic amines) is 1. The smallest absolute Gasteiger partial charge is 0.237 e. The molecule has 0 unspecified atom stereocenters. The third-order valence-electron chi connectivity index (χ3n) is 4.18. The molecule has 0 bridgehead atoms. The number of fused-ring (bicyclic) bond motifs is 1. The van der Waals surface area contributed by atoms with Crippen LogP contribution in [0, 0.1) is 0 Å². The number of nitrogens with two attached hydrogens (primary N) is 1. The van der Waals surface area contributed by atoms with E-state index < -0.39 is 0 Å². The zero-order valence-electron chi connectivity index (χ0n) is 12.3. The van der Waals surface area contributed by atoms with E-state index in [4.69, 9.17) is 5.73 Å². The molecule has 3 rings (SSSR count). The maximum atomic E-state index is 12.0. The predicted octanol–water partition coefficient (Wildman–Crippen LogP) is 1.49. The SMILES string of the molecule is CNC(=O)[C@@H]1C[C@@H](N)CN1Cc1ccc2ccccc2c1. The Hall–Kier alpha value is -1.91. The third-order valence-corrected chi connectivity index (χ3v) is 4.18. The van der Waals surface area contributed by atoms with E-state index in [0.29, 0.717) is 0 Å². The van der Waals surface area contributed by atoms with Crippen molar-refractivity contribution in [2.45, 2.75) is 25.0 Å². The van der Waals surface area contributed by atoms with Gasteiger partial charge in [-0.15, -0.1) is 0 Å². The highest BCUT2D eigenvalue weighted by Crippen LogP contribution is 2.22. The number of hydrogen-bond acceptors (Lipinski definition) is 3. The molecule has 2 aromatic rings. The van der Waals surface area contributed by atoms with Crippen molar-refractivity contribution >= 4 is 16.7 Å². The van der Waals surface area contributed by atoms with Crippen LogP contribution < -0.4 is 11.1 Å². The first kappa shape index (κ1) is 14.0. The minimum Gasteiger partial charge on any atom is -0.358 e. The van der Waals surface area contributed by atoms with Gasteiger partial charge in [0.05, 0.1) is 6.04 Å². The van der Waals surface area contributed by atoms with Gasteiger partial charge >= 0.3 is 0 Å². The van der Waals surface area contributed by atoms with Gasteiger partial charge in [-0.05, 0) is 28.8 Å². The Kier molecular flexibility index (Phi) is 3.90. The molecule has 1 saturated heterocycles. The molecule has 1 aliphatic heterocycles. The first-order valence-electron chi connectivity index (χ1n) is 7.36. The number of nitrogens with one attached hydrogen (secondary N) is 1. The molecule has 3 N–H and O–H groups in total. The molecule has 21 heavy (non-hydrogen) atoms. The molecule has 0 aromatic heterocycles. The van der Waals surface area contributed by atoms with Gasteiger partial charge in [0.15, 0.2) is 0 Å². The lowest BCUT2D eigenvalue weighted by Gasteiger charge is -2.23. The van der Waals surface area contributed by atoms with Crippen LogP contribution >= 0.6 is 0 Å². The molecule has 110 valence electrons. The Morgan fingerprint density at radius 1 is 1.29 bits per heavy atom. The summed E-state index contributed by atoms with van der Waals surface area (Å²) in [4.78, 5) is 14.1. The third kappa shape index (κ3) is 2.91. The van der Waals surface area contributed by atoms with Gasteiger partial charge in [-0.1, -0.05) is 36.4 Å². The summed E-state index contributed by atoms with van der Waals surface area (Å²) in [5.41, 5.74) is 7.25. The lowest BCUT2D eigenvalue weighted by Crippen LogP contribution is -2.41. The molecule has 0 aliphatic carbocycles. The molecule has 0 spiro atoms. The minimum atomic E-state index is -0.114. The normalized spacial score (nSPS) is 22.6. The van der Waals surface area contributed by atoms with Crippen LogP contribution in [0.1, 0.15) is 12.0 Å². The van der Waals surface area contributed by atoms with Crippen LogP contribution in [0.15, 0.2) is 42.5 Å². The second-order valence-electron chi connectivity index (χ2n) is 5.74. The fourth-order valence-electron chi connectivity index (χ4n) is 3.12. The summed E-state index contributed by atoms with van der Waals surface area (Å²) in [7, 11) is 1.68. The fourth-order valence-corrected chi connectivity index (χ4v) is 3.12. The summed E-state index contributed by atoms with van der Waals surface area (Å²) in [5, 5.41) is 5.21. The average molecular weight is 283 g/mol. The van der Waals surface area contributed by atoms with Crippen LogP contribution in [0.2, 0.25) is 0 Å². The Labute approximate surface area is 124 Å². The van der Waals surface area contributed by atoms with Gasteiger partial charge in [0.1, 0.15) is 0 Å². The number of carbonyl (C=O) groups excluding carboxylic acids is 1. The van der Waals surface area contributed by atoms with Crippen molar-refractivity contribution in [3.05, 3.63) is 48.0 Å². The van der Waals surface area contributed by atoms with Crippen LogP contribution in [-0.4, -0.2) is 36.5 Å². The highest BCUT2D eigenvalue weighted by Gasteiger charge is 2.34. The van der Waals surface area contributed by atoms with Crippen LogP contribution in [-0.2, 0) is 11.3 Å². The van der Waals surface area contributed by atoms with Crippen LogP contribution in [0.5, 0.6) is 0 Å². The molecular formula is C17H21N3O. The topological polar surface area (TPSA) is 58.4 Å². The fraction of sp³-hybridized carbons (Fsp3) is 0.353. The maximum Gasteiger partial charge on any atom is 0.237 e. The molecule has 4 heteroatoms. The van der Waals surface area contributed by atoms with Gasteiger partial charge in [0.2, 0.25) is 5.91 Å². The summed E-state index contributed by atoms with van der Waals surface area (Å²) >= 11 is 0. The van der Waals surface area contributed by atoms with Gasteiger partial charge < -0.3 is 11.1 Å². The van der Waals surface area contributed by atoms with Crippen molar-refractivity contribution in [2.75, 3.05) is 13.6 Å². The van der Waals surface area contributed by atoms with E-state index in [9.17, 15) is 4.79 Å². The highest BCUT2D eigenvalue weighted by molar-refractivity contribution is 5.83. The monoisotopic (exact) mass is 283 g/mol. The summed E-state index contributed by atoms with van der Waals surface area (Å²) in [5.74, 6) is 0.0590. The number of benzene rings is 2. The number of hydrogen-bond donors (Lipinski definition) is 2. The molecule has 1 amide bonds. The molecule has 1 fully saturated rings. The van der Waals surface area contributed by atoms with E-state index in [1.165, 1.54) is 16.3 Å². The first-order chi connectivity index (χ1) is 10.2. The molecule has 1 aliphatic rings. The van der Waals surface area contributed by atoms with Crippen molar-refractivity contribution in [3.8, 4) is 0 Å². The Bertz CT molecular complexity index is 655. The predicted molar refractivity (Wildman–Crippen MR) is 84.8 cm³/mol. The lowest BCUT2D eigenvalue weighted by molar-refractivity contribution is -0.125. The summed E-state index contributed by atoms with van der Waals surface area (Å²) in [6.45, 7) is 1.53.